The van der Waals surface area contributed by atoms with E-state index in [1.165, 1.54) is 11.5 Å². The van der Waals surface area contributed by atoms with Crippen LogP contribution >= 0.6 is 23.3 Å². The van der Waals surface area contributed by atoms with Crippen LogP contribution in [0.5, 0.6) is 0 Å². The van der Waals surface area contributed by atoms with E-state index in [2.05, 4.69) is 15.8 Å². The zero-order valence-corrected chi connectivity index (χ0v) is 13.4. The van der Waals surface area contributed by atoms with Gasteiger partial charge in [-0.2, -0.15) is 24.8 Å². The summed E-state index contributed by atoms with van der Waals surface area (Å²) in [5.41, 5.74) is 0.788. The molecule has 108 valence electrons. The molecule has 0 radical (unpaired) electrons. The molecule has 0 aliphatic carbocycles. The van der Waals surface area contributed by atoms with Crippen LogP contribution in [-0.2, 0) is 20.9 Å². The van der Waals surface area contributed by atoms with E-state index in [-0.39, 0.29) is 4.65 Å². The van der Waals surface area contributed by atoms with Gasteiger partial charge in [-0.25, -0.2) is 0 Å². The number of hydroxylamine groups is 3. The van der Waals surface area contributed by atoms with Crippen molar-refractivity contribution in [1.29, 1.82) is 0 Å². The van der Waals surface area contributed by atoms with Crippen molar-refractivity contribution in [3.05, 3.63) is 11.1 Å². The molecule has 19 heavy (non-hydrogen) atoms. The Morgan fingerprint density at radius 2 is 2.21 bits per heavy atom. The molecule has 0 aromatic carbocycles. The number of aromatic nitrogens is 2. The fourth-order valence-electron chi connectivity index (χ4n) is 2.34. The van der Waals surface area contributed by atoms with Crippen LogP contribution in [0.1, 0.15) is 18.5 Å². The fraction of sp³-hybridized carbons (Fsp3) is 0.800. The van der Waals surface area contributed by atoms with E-state index in [9.17, 15) is 8.42 Å². The molecule has 1 aliphatic rings. The third-order valence-corrected chi connectivity index (χ3v) is 5.48. The van der Waals surface area contributed by atoms with Crippen molar-refractivity contribution in [2.24, 2.45) is 0 Å². The number of rotatable bonds is 5. The van der Waals surface area contributed by atoms with Crippen molar-refractivity contribution in [2.75, 3.05) is 25.6 Å². The van der Waals surface area contributed by atoms with Gasteiger partial charge in [0.25, 0.3) is 0 Å². The third-order valence-electron chi connectivity index (χ3n) is 3.20. The standard InChI is InChI=1S/C10H18N3O3S3/c1-17-10-3-5-13(6-4-10,16-19(2,14)15)7-9-8-18-12-11-9/h8,10H,3-7H2,1-2H3/q+1. The van der Waals surface area contributed by atoms with Gasteiger partial charge in [-0.3, -0.25) is 0 Å². The normalized spacial score (nSPS) is 28.4. The molecule has 0 saturated carbocycles. The molecule has 2 heterocycles. The highest BCUT2D eigenvalue weighted by molar-refractivity contribution is 7.99. The molecule has 1 aliphatic heterocycles. The third kappa shape index (κ3) is 4.38. The van der Waals surface area contributed by atoms with Crippen LogP contribution < -0.4 is 0 Å². The van der Waals surface area contributed by atoms with E-state index in [1.807, 2.05) is 17.1 Å². The first kappa shape index (κ1) is 15.2. The second-order valence-corrected chi connectivity index (χ2v) is 8.08. The van der Waals surface area contributed by atoms with E-state index in [0.29, 0.717) is 24.9 Å². The minimum atomic E-state index is -3.49. The average Bonchev–Trinajstić information content (AvgIpc) is 2.80. The second-order valence-electron chi connectivity index (χ2n) is 4.77. The van der Waals surface area contributed by atoms with Gasteiger partial charge < -0.3 is 0 Å². The number of quaternary nitrogens is 1. The predicted molar refractivity (Wildman–Crippen MR) is 76.1 cm³/mol. The Labute approximate surface area is 122 Å². The Hall–Kier alpha value is -0.220. The number of hydrogen-bond acceptors (Lipinski definition) is 7. The lowest BCUT2D eigenvalue weighted by Crippen LogP contribution is -2.53. The minimum Gasteiger partial charge on any atom is -0.195 e. The van der Waals surface area contributed by atoms with Crippen molar-refractivity contribution >= 4 is 33.4 Å². The Balaban J connectivity index is 2.14. The summed E-state index contributed by atoms with van der Waals surface area (Å²) in [6.07, 6.45) is 5.10. The molecule has 0 spiro atoms. The SMILES string of the molecule is CSC1CC[N+](Cc2csnn2)(OS(C)(=O)=O)CC1. The molecular weight excluding hydrogens is 306 g/mol. The molecule has 0 bridgehead atoms. The fourth-order valence-corrected chi connectivity index (χ4v) is 4.25. The van der Waals surface area contributed by atoms with E-state index >= 15 is 0 Å². The molecule has 0 atom stereocenters. The number of likely N-dealkylation sites (tertiary alicyclic amines) is 1. The first-order chi connectivity index (χ1) is 8.92. The number of hydrogen-bond donors (Lipinski definition) is 0. The van der Waals surface area contributed by atoms with Gasteiger partial charge in [0.05, 0.1) is 6.26 Å². The maximum atomic E-state index is 11.5. The summed E-state index contributed by atoms with van der Waals surface area (Å²) in [6, 6.07) is 0. The lowest BCUT2D eigenvalue weighted by Gasteiger charge is -2.38. The van der Waals surface area contributed by atoms with Gasteiger partial charge in [-0.15, -0.1) is 5.10 Å². The Kier molecular flexibility index (Phi) is 4.83. The lowest BCUT2D eigenvalue weighted by molar-refractivity contribution is -1.09. The van der Waals surface area contributed by atoms with Gasteiger partial charge in [0.2, 0.25) is 0 Å². The summed E-state index contributed by atoms with van der Waals surface area (Å²) in [4.78, 5) is 0. The quantitative estimate of drug-likeness (QED) is 0.760. The minimum absolute atomic E-state index is 0.112. The highest BCUT2D eigenvalue weighted by Crippen LogP contribution is 2.29. The first-order valence-electron chi connectivity index (χ1n) is 5.98. The van der Waals surface area contributed by atoms with Crippen LogP contribution in [0.4, 0.5) is 0 Å². The molecule has 0 N–H and O–H groups in total. The molecule has 2 rings (SSSR count). The molecule has 1 fully saturated rings. The van der Waals surface area contributed by atoms with Crippen LogP contribution in [0.15, 0.2) is 5.38 Å². The Bertz CT molecular complexity index is 495. The van der Waals surface area contributed by atoms with E-state index in [0.717, 1.165) is 24.8 Å². The van der Waals surface area contributed by atoms with E-state index in [4.69, 9.17) is 4.28 Å². The topological polar surface area (TPSA) is 69.2 Å². The first-order valence-corrected chi connectivity index (χ1v) is 9.93. The van der Waals surface area contributed by atoms with E-state index < -0.39 is 10.1 Å². The zero-order valence-electron chi connectivity index (χ0n) is 11.0. The molecule has 0 unspecified atom stereocenters. The van der Waals surface area contributed by atoms with Crippen molar-refractivity contribution in [3.63, 3.8) is 0 Å². The second kappa shape index (κ2) is 6.04. The molecule has 1 aromatic heterocycles. The molecule has 6 nitrogen and oxygen atoms in total. The number of piperidine rings is 1. The van der Waals surface area contributed by atoms with Crippen LogP contribution in [-0.4, -0.2) is 53.5 Å². The van der Waals surface area contributed by atoms with Crippen molar-refractivity contribution in [1.82, 2.24) is 9.59 Å². The van der Waals surface area contributed by atoms with Crippen LogP contribution in [0.25, 0.3) is 0 Å². The summed E-state index contributed by atoms with van der Waals surface area (Å²) < 4.78 is 32.3. The largest absolute Gasteiger partial charge is 0.311 e. The summed E-state index contributed by atoms with van der Waals surface area (Å²) in [6.45, 7) is 1.84. The Morgan fingerprint density at radius 1 is 1.53 bits per heavy atom. The summed E-state index contributed by atoms with van der Waals surface area (Å²) >= 11 is 3.10. The van der Waals surface area contributed by atoms with Crippen molar-refractivity contribution in [3.8, 4) is 0 Å². The maximum absolute atomic E-state index is 11.5. The van der Waals surface area contributed by atoms with E-state index in [1.54, 1.807) is 0 Å². The number of thioether (sulfide) groups is 1. The highest BCUT2D eigenvalue weighted by Gasteiger charge is 2.40. The molecular formula is C10H18N3O3S3+. The van der Waals surface area contributed by atoms with Gasteiger partial charge in [-0.05, 0) is 17.8 Å². The number of nitrogens with zero attached hydrogens (tertiary/aromatic N) is 3. The highest BCUT2D eigenvalue weighted by atomic mass is 32.2. The summed E-state index contributed by atoms with van der Waals surface area (Å²) in [5.74, 6) is 0. The van der Waals surface area contributed by atoms with Gasteiger partial charge in [0.1, 0.15) is 18.8 Å². The van der Waals surface area contributed by atoms with Crippen LogP contribution in [0, 0.1) is 0 Å². The Morgan fingerprint density at radius 3 is 2.68 bits per heavy atom. The van der Waals surface area contributed by atoms with Gasteiger partial charge in [-0.1, -0.05) is 8.77 Å². The molecule has 0 amide bonds. The average molecular weight is 324 g/mol. The van der Waals surface area contributed by atoms with Gasteiger partial charge in [0, 0.05) is 23.5 Å². The predicted octanol–water partition coefficient (Wildman–Crippen LogP) is 1.27. The molecule has 9 heteroatoms. The zero-order chi connectivity index (χ0) is 13.9. The smallest absolute Gasteiger partial charge is 0.195 e. The molecule has 1 aromatic rings. The van der Waals surface area contributed by atoms with Gasteiger partial charge >= 0.3 is 10.1 Å². The molecule has 1 saturated heterocycles. The summed E-state index contributed by atoms with van der Waals surface area (Å²) in [7, 11) is -3.49. The van der Waals surface area contributed by atoms with Crippen LogP contribution in [0.3, 0.4) is 0 Å². The summed E-state index contributed by atoms with van der Waals surface area (Å²) in [5, 5.41) is 6.42. The van der Waals surface area contributed by atoms with Gasteiger partial charge in [0.15, 0.2) is 6.54 Å². The monoisotopic (exact) mass is 324 g/mol. The maximum Gasteiger partial charge on any atom is 0.311 e. The van der Waals surface area contributed by atoms with Crippen molar-refractivity contribution in [2.45, 2.75) is 24.6 Å². The van der Waals surface area contributed by atoms with Crippen molar-refractivity contribution < 1.29 is 17.3 Å². The van der Waals surface area contributed by atoms with Crippen LogP contribution in [0.2, 0.25) is 0 Å². The lowest BCUT2D eigenvalue weighted by atomic mass is 10.1.